The van der Waals surface area contributed by atoms with E-state index in [9.17, 15) is 4.79 Å². The predicted molar refractivity (Wildman–Crippen MR) is 111 cm³/mol. The van der Waals surface area contributed by atoms with Gasteiger partial charge in [-0.25, -0.2) is 4.79 Å². The van der Waals surface area contributed by atoms with Crippen LogP contribution in [0.1, 0.15) is 43.2 Å². The molecule has 27 heavy (non-hydrogen) atoms. The van der Waals surface area contributed by atoms with Gasteiger partial charge in [0, 0.05) is 0 Å². The molecule has 4 nitrogen and oxygen atoms in total. The van der Waals surface area contributed by atoms with Crippen LogP contribution in [0.4, 0.5) is 10.5 Å². The van der Waals surface area contributed by atoms with Crippen LogP contribution in [-0.4, -0.2) is 30.6 Å². The van der Waals surface area contributed by atoms with Crippen LogP contribution >= 0.6 is 11.6 Å². The van der Waals surface area contributed by atoms with Crippen LogP contribution in [0.5, 0.6) is 5.75 Å². The molecule has 1 aliphatic heterocycles. The first-order valence-electron chi connectivity index (χ1n) is 9.63. The highest BCUT2D eigenvalue weighted by Crippen LogP contribution is 2.30. The Kier molecular flexibility index (Phi) is 6.75. The summed E-state index contributed by atoms with van der Waals surface area (Å²) in [5.74, 6) is 1.08. The third-order valence-electron chi connectivity index (χ3n) is 5.12. The summed E-state index contributed by atoms with van der Waals surface area (Å²) in [5, 5.41) is 3.25. The highest BCUT2D eigenvalue weighted by Gasteiger charge is 2.20. The maximum Gasteiger partial charge on any atom is 0.417 e. The van der Waals surface area contributed by atoms with Gasteiger partial charge in [0.15, 0.2) is 0 Å². The summed E-state index contributed by atoms with van der Waals surface area (Å²) >= 11 is 6.16. The number of amides is 1. The van der Waals surface area contributed by atoms with Crippen LogP contribution in [0.15, 0.2) is 42.5 Å². The van der Waals surface area contributed by atoms with Crippen LogP contribution in [0.2, 0.25) is 5.02 Å². The van der Waals surface area contributed by atoms with Crippen molar-refractivity contribution in [1.82, 2.24) is 4.90 Å². The molecule has 3 rings (SSSR count). The molecule has 1 amide bonds. The van der Waals surface area contributed by atoms with Gasteiger partial charge in [0.25, 0.3) is 0 Å². The lowest BCUT2D eigenvalue weighted by Gasteiger charge is -2.32. The van der Waals surface area contributed by atoms with Gasteiger partial charge in [-0.15, -0.1) is 0 Å². The molecule has 0 bridgehead atoms. The van der Waals surface area contributed by atoms with Crippen LogP contribution in [-0.2, 0) is 0 Å². The highest BCUT2D eigenvalue weighted by molar-refractivity contribution is 6.33. The quantitative estimate of drug-likeness (QED) is 0.700. The van der Waals surface area contributed by atoms with Gasteiger partial charge >= 0.3 is 6.09 Å². The minimum Gasteiger partial charge on any atom is -0.410 e. The number of carbonyl (C=O) groups excluding carboxylic acids is 1. The van der Waals surface area contributed by atoms with Crippen molar-refractivity contribution in [2.24, 2.45) is 0 Å². The highest BCUT2D eigenvalue weighted by atomic mass is 35.5. The van der Waals surface area contributed by atoms with Crippen molar-refractivity contribution < 1.29 is 9.53 Å². The van der Waals surface area contributed by atoms with Crippen molar-refractivity contribution >= 4 is 23.4 Å². The van der Waals surface area contributed by atoms with E-state index in [4.69, 9.17) is 16.3 Å². The van der Waals surface area contributed by atoms with Gasteiger partial charge < -0.3 is 9.64 Å². The van der Waals surface area contributed by atoms with Crippen LogP contribution in [0.25, 0.3) is 0 Å². The molecule has 2 aromatic rings. The fourth-order valence-electron chi connectivity index (χ4n) is 3.66. The van der Waals surface area contributed by atoms with Gasteiger partial charge in [0.05, 0.1) is 10.7 Å². The summed E-state index contributed by atoms with van der Waals surface area (Å²) in [6.07, 6.45) is 2.97. The molecule has 0 atom stereocenters. The summed E-state index contributed by atoms with van der Waals surface area (Å²) in [7, 11) is 0. The maximum atomic E-state index is 12.3. The average Bonchev–Trinajstić information content (AvgIpc) is 2.66. The molecule has 0 spiro atoms. The average molecular weight is 387 g/mol. The smallest absolute Gasteiger partial charge is 0.410 e. The molecule has 0 aliphatic carbocycles. The number of nitrogens with one attached hydrogen (secondary N) is 1. The second-order valence-electron chi connectivity index (χ2n) is 7.13. The fourth-order valence-corrected chi connectivity index (χ4v) is 3.93. The summed E-state index contributed by atoms with van der Waals surface area (Å²) in [5.41, 5.74) is 2.72. The Morgan fingerprint density at radius 3 is 2.67 bits per heavy atom. The Bertz CT molecular complexity index is 765. The number of aryl methyl sites for hydroxylation is 1. The van der Waals surface area contributed by atoms with Crippen LogP contribution in [0.3, 0.4) is 0 Å². The van der Waals surface area contributed by atoms with E-state index < -0.39 is 6.09 Å². The second kappa shape index (κ2) is 9.25. The first-order valence-corrected chi connectivity index (χ1v) is 10.0. The number of nitrogens with zero attached hydrogens (tertiary/aromatic N) is 1. The summed E-state index contributed by atoms with van der Waals surface area (Å²) in [6, 6.07) is 13.4. The Labute approximate surface area is 166 Å². The molecule has 144 valence electrons. The monoisotopic (exact) mass is 386 g/mol. The maximum absolute atomic E-state index is 12.3. The lowest BCUT2D eigenvalue weighted by molar-refractivity contribution is 0.211. The molecule has 1 fully saturated rings. The zero-order valence-corrected chi connectivity index (χ0v) is 16.8. The van der Waals surface area contributed by atoms with E-state index in [2.05, 4.69) is 23.2 Å². The number of ether oxygens (including phenoxy) is 1. The minimum absolute atomic E-state index is 0.500. The number of benzene rings is 2. The number of hydrogen-bond donors (Lipinski definition) is 1. The summed E-state index contributed by atoms with van der Waals surface area (Å²) in [6.45, 7) is 7.57. The molecular formula is C22H27ClN2O2. The van der Waals surface area contributed by atoms with E-state index in [0.717, 1.165) is 31.5 Å². The first kappa shape index (κ1) is 19.7. The molecular weight excluding hydrogens is 360 g/mol. The van der Waals surface area contributed by atoms with E-state index in [1.165, 1.54) is 18.5 Å². The predicted octanol–water partition coefficient (Wildman–Crippen LogP) is 5.85. The molecule has 2 aromatic carbocycles. The number of likely N-dealkylation sites (tertiary alicyclic amines) is 1. The SMILES string of the molecule is CCCN1CCC(c2cccc(OC(=O)Nc3c(C)cccc3Cl)c2)CC1. The second-order valence-corrected chi connectivity index (χ2v) is 7.54. The molecule has 1 aliphatic rings. The number of anilines is 1. The summed E-state index contributed by atoms with van der Waals surface area (Å²) < 4.78 is 5.50. The van der Waals surface area contributed by atoms with E-state index in [-0.39, 0.29) is 0 Å². The number of para-hydroxylation sites is 1. The number of carbonyl (C=O) groups is 1. The summed E-state index contributed by atoms with van der Waals surface area (Å²) in [4.78, 5) is 14.8. The molecule has 0 aromatic heterocycles. The molecule has 1 N–H and O–H groups in total. The van der Waals surface area contributed by atoms with Gasteiger partial charge in [0.2, 0.25) is 0 Å². The van der Waals surface area contributed by atoms with Crippen molar-refractivity contribution in [3.63, 3.8) is 0 Å². The van der Waals surface area contributed by atoms with E-state index >= 15 is 0 Å². The molecule has 1 heterocycles. The Morgan fingerprint density at radius 2 is 1.96 bits per heavy atom. The van der Waals surface area contributed by atoms with Crippen LogP contribution in [0, 0.1) is 6.92 Å². The molecule has 1 saturated heterocycles. The normalized spacial score (nSPS) is 15.5. The largest absolute Gasteiger partial charge is 0.417 e. The zero-order valence-electron chi connectivity index (χ0n) is 16.0. The van der Waals surface area contributed by atoms with Gasteiger partial charge in [0.1, 0.15) is 5.75 Å². The molecule has 5 heteroatoms. The Hall–Kier alpha value is -2.04. The van der Waals surface area contributed by atoms with E-state index in [1.54, 1.807) is 6.07 Å². The number of rotatable bonds is 5. The topological polar surface area (TPSA) is 41.6 Å². The Balaban J connectivity index is 1.61. The lowest BCUT2D eigenvalue weighted by Crippen LogP contribution is -2.33. The number of hydrogen-bond acceptors (Lipinski definition) is 3. The zero-order chi connectivity index (χ0) is 19.2. The van der Waals surface area contributed by atoms with E-state index in [1.807, 2.05) is 37.3 Å². The standard InChI is InChI=1S/C22H27ClN2O2/c1-3-12-25-13-10-17(11-14-25)18-7-5-8-19(15-18)27-22(26)24-21-16(2)6-4-9-20(21)23/h4-9,15,17H,3,10-14H2,1-2H3,(H,24,26). The van der Waals surface area contributed by atoms with Crippen molar-refractivity contribution in [3.8, 4) is 5.75 Å². The number of piperidine rings is 1. The third-order valence-corrected chi connectivity index (χ3v) is 5.43. The lowest BCUT2D eigenvalue weighted by atomic mass is 9.89. The fraction of sp³-hybridized carbons (Fsp3) is 0.409. The molecule has 0 unspecified atom stereocenters. The third kappa shape index (κ3) is 5.24. The van der Waals surface area contributed by atoms with Crippen molar-refractivity contribution in [2.45, 2.75) is 39.0 Å². The van der Waals surface area contributed by atoms with Gasteiger partial charge in [-0.2, -0.15) is 0 Å². The minimum atomic E-state index is -0.527. The first-order chi connectivity index (χ1) is 13.1. The van der Waals surface area contributed by atoms with Crippen molar-refractivity contribution in [3.05, 3.63) is 58.6 Å². The van der Waals surface area contributed by atoms with Gasteiger partial charge in [-0.3, -0.25) is 5.32 Å². The molecule has 0 radical (unpaired) electrons. The van der Waals surface area contributed by atoms with Gasteiger partial charge in [-0.1, -0.05) is 42.8 Å². The van der Waals surface area contributed by atoms with Crippen LogP contribution < -0.4 is 10.1 Å². The number of halogens is 1. The van der Waals surface area contributed by atoms with Gasteiger partial charge in [-0.05, 0) is 81.1 Å². The Morgan fingerprint density at radius 1 is 1.22 bits per heavy atom. The van der Waals surface area contributed by atoms with Crippen molar-refractivity contribution in [2.75, 3.05) is 25.0 Å². The van der Waals surface area contributed by atoms with Crippen molar-refractivity contribution in [1.29, 1.82) is 0 Å². The van der Waals surface area contributed by atoms with E-state index in [0.29, 0.717) is 22.4 Å². The molecule has 0 saturated carbocycles.